The third-order valence-corrected chi connectivity index (χ3v) is 5.20. The quantitative estimate of drug-likeness (QED) is 0.879. The van der Waals surface area contributed by atoms with E-state index in [1.807, 2.05) is 38.1 Å². The molecular formula is C13H20N2O2S. The molecule has 4 nitrogen and oxygen atoms in total. The number of anilines is 1. The summed E-state index contributed by atoms with van der Waals surface area (Å²) in [6, 6.07) is 7.92. The van der Waals surface area contributed by atoms with Gasteiger partial charge in [-0.2, -0.15) is 0 Å². The van der Waals surface area contributed by atoms with Gasteiger partial charge in [-0.1, -0.05) is 18.2 Å². The first-order valence-corrected chi connectivity index (χ1v) is 8.04. The highest BCUT2D eigenvalue weighted by Gasteiger charge is 2.29. The van der Waals surface area contributed by atoms with Gasteiger partial charge < -0.3 is 10.6 Å². The van der Waals surface area contributed by atoms with Crippen LogP contribution >= 0.6 is 0 Å². The van der Waals surface area contributed by atoms with Crippen molar-refractivity contribution in [3.63, 3.8) is 0 Å². The van der Waals surface area contributed by atoms with Crippen LogP contribution in [0, 0.1) is 0 Å². The molecule has 0 saturated carbocycles. The van der Waals surface area contributed by atoms with Crippen molar-refractivity contribution < 1.29 is 8.42 Å². The van der Waals surface area contributed by atoms with Gasteiger partial charge in [0.15, 0.2) is 9.84 Å². The Morgan fingerprint density at radius 3 is 2.67 bits per heavy atom. The van der Waals surface area contributed by atoms with Crippen molar-refractivity contribution in [3.05, 3.63) is 29.8 Å². The number of hydrogen-bond donors (Lipinski definition) is 1. The molecule has 0 aliphatic carbocycles. The maximum Gasteiger partial charge on any atom is 0.154 e. The summed E-state index contributed by atoms with van der Waals surface area (Å²) in [6.07, 6.45) is 0. The molecule has 1 saturated heterocycles. The molecule has 1 aliphatic rings. The van der Waals surface area contributed by atoms with Crippen molar-refractivity contribution in [2.75, 3.05) is 23.0 Å². The Hall–Kier alpha value is -1.07. The fraction of sp³-hybridized carbons (Fsp3) is 0.538. The Bertz CT molecular complexity index is 526. The van der Waals surface area contributed by atoms with E-state index in [4.69, 9.17) is 5.73 Å². The average Bonchev–Trinajstić information content (AvgIpc) is 2.28. The van der Waals surface area contributed by atoms with E-state index in [1.54, 1.807) is 0 Å². The summed E-state index contributed by atoms with van der Waals surface area (Å²) >= 11 is 0. The van der Waals surface area contributed by atoms with Gasteiger partial charge in [0.05, 0.1) is 11.5 Å². The van der Waals surface area contributed by atoms with Gasteiger partial charge in [-0.25, -0.2) is 8.42 Å². The monoisotopic (exact) mass is 268 g/mol. The lowest BCUT2D eigenvalue weighted by Gasteiger charge is -2.36. The standard InChI is InChI=1S/C13H20N2O2S/c1-10-9-18(16,17)8-7-15(10)13-6-4-3-5-12(13)11(2)14/h3-6,10-11H,7-9,14H2,1-2H3/t10?,11-/m0/s1. The second-order valence-corrected chi connectivity index (χ2v) is 7.23. The number of hydrogen-bond acceptors (Lipinski definition) is 4. The average molecular weight is 268 g/mol. The van der Waals surface area contributed by atoms with Gasteiger partial charge >= 0.3 is 0 Å². The van der Waals surface area contributed by atoms with Crippen molar-refractivity contribution in [2.24, 2.45) is 5.73 Å². The first-order chi connectivity index (χ1) is 8.41. The third kappa shape index (κ3) is 2.67. The van der Waals surface area contributed by atoms with E-state index in [2.05, 4.69) is 4.90 Å². The van der Waals surface area contributed by atoms with Crippen LogP contribution < -0.4 is 10.6 Å². The van der Waals surface area contributed by atoms with Gasteiger partial charge in [0.1, 0.15) is 0 Å². The molecule has 1 aromatic carbocycles. The van der Waals surface area contributed by atoms with Crippen LogP contribution in [-0.4, -0.2) is 32.5 Å². The maximum atomic E-state index is 11.6. The predicted molar refractivity (Wildman–Crippen MR) is 74.5 cm³/mol. The molecule has 5 heteroatoms. The molecule has 1 aliphatic heterocycles. The fourth-order valence-electron chi connectivity index (χ4n) is 2.49. The minimum atomic E-state index is -2.88. The molecule has 2 atom stereocenters. The third-order valence-electron chi connectivity index (χ3n) is 3.41. The zero-order valence-corrected chi connectivity index (χ0v) is 11.7. The van der Waals surface area contributed by atoms with Gasteiger partial charge in [0.2, 0.25) is 0 Å². The van der Waals surface area contributed by atoms with Crippen LogP contribution in [-0.2, 0) is 9.84 Å². The Labute approximate surface area is 109 Å². The van der Waals surface area contributed by atoms with Crippen molar-refractivity contribution in [1.82, 2.24) is 0 Å². The lowest BCUT2D eigenvalue weighted by Crippen LogP contribution is -2.47. The van der Waals surface area contributed by atoms with Gasteiger partial charge in [0, 0.05) is 24.3 Å². The van der Waals surface area contributed by atoms with Crippen LogP contribution in [0.2, 0.25) is 0 Å². The topological polar surface area (TPSA) is 63.4 Å². The summed E-state index contributed by atoms with van der Waals surface area (Å²) < 4.78 is 23.2. The molecule has 0 radical (unpaired) electrons. The summed E-state index contributed by atoms with van der Waals surface area (Å²) in [7, 11) is -2.88. The molecule has 2 N–H and O–H groups in total. The van der Waals surface area contributed by atoms with Crippen molar-refractivity contribution in [1.29, 1.82) is 0 Å². The van der Waals surface area contributed by atoms with Crippen LogP contribution in [0.3, 0.4) is 0 Å². The molecule has 0 bridgehead atoms. The number of nitrogens with two attached hydrogens (primary N) is 1. The largest absolute Gasteiger partial charge is 0.367 e. The highest BCUT2D eigenvalue weighted by Crippen LogP contribution is 2.28. The van der Waals surface area contributed by atoms with Gasteiger partial charge in [-0.3, -0.25) is 0 Å². The van der Waals surface area contributed by atoms with Gasteiger partial charge in [-0.15, -0.1) is 0 Å². The van der Waals surface area contributed by atoms with E-state index >= 15 is 0 Å². The summed E-state index contributed by atoms with van der Waals surface area (Å²) in [6.45, 7) is 4.45. The molecular weight excluding hydrogens is 248 g/mol. The molecule has 0 amide bonds. The fourth-order valence-corrected chi connectivity index (χ4v) is 4.05. The van der Waals surface area contributed by atoms with Gasteiger partial charge in [-0.05, 0) is 25.5 Å². The van der Waals surface area contributed by atoms with Crippen LogP contribution in [0.15, 0.2) is 24.3 Å². The van der Waals surface area contributed by atoms with E-state index in [-0.39, 0.29) is 23.6 Å². The summed E-state index contributed by atoms with van der Waals surface area (Å²) in [5, 5.41) is 0. The zero-order valence-electron chi connectivity index (χ0n) is 10.8. The number of rotatable bonds is 2. The molecule has 0 spiro atoms. The lowest BCUT2D eigenvalue weighted by atomic mass is 10.0. The molecule has 18 heavy (non-hydrogen) atoms. The molecule has 1 heterocycles. The van der Waals surface area contributed by atoms with E-state index in [1.165, 1.54) is 0 Å². The summed E-state index contributed by atoms with van der Waals surface area (Å²) in [5.41, 5.74) is 8.11. The van der Waals surface area contributed by atoms with Crippen LogP contribution in [0.1, 0.15) is 25.5 Å². The highest BCUT2D eigenvalue weighted by atomic mass is 32.2. The van der Waals surface area contributed by atoms with Crippen molar-refractivity contribution in [3.8, 4) is 0 Å². The lowest BCUT2D eigenvalue weighted by molar-refractivity contribution is 0.567. The molecule has 1 unspecified atom stereocenters. The van der Waals surface area contributed by atoms with E-state index in [0.717, 1.165) is 11.3 Å². The SMILES string of the molecule is CC1CS(=O)(=O)CCN1c1ccccc1[C@H](C)N. The Morgan fingerprint density at radius 2 is 2.06 bits per heavy atom. The Balaban J connectivity index is 2.33. The summed E-state index contributed by atoms with van der Waals surface area (Å²) in [4.78, 5) is 2.15. The molecule has 2 rings (SSSR count). The smallest absolute Gasteiger partial charge is 0.154 e. The molecule has 1 fully saturated rings. The number of benzene rings is 1. The minimum Gasteiger partial charge on any atom is -0.367 e. The van der Waals surface area contributed by atoms with Crippen molar-refractivity contribution >= 4 is 15.5 Å². The first-order valence-electron chi connectivity index (χ1n) is 6.22. The minimum absolute atomic E-state index is 0.00338. The number of sulfone groups is 1. The Morgan fingerprint density at radius 1 is 1.39 bits per heavy atom. The second kappa shape index (κ2) is 4.90. The number of nitrogens with zero attached hydrogens (tertiary/aromatic N) is 1. The maximum absolute atomic E-state index is 11.6. The Kier molecular flexibility index (Phi) is 3.64. The molecule has 100 valence electrons. The van der Waals surface area contributed by atoms with Gasteiger partial charge in [0.25, 0.3) is 0 Å². The van der Waals surface area contributed by atoms with E-state index in [9.17, 15) is 8.42 Å². The predicted octanol–water partition coefficient (Wildman–Crippen LogP) is 1.33. The van der Waals surface area contributed by atoms with Crippen molar-refractivity contribution in [2.45, 2.75) is 25.9 Å². The summed E-state index contributed by atoms with van der Waals surface area (Å²) in [5.74, 6) is 0.449. The molecule has 0 aromatic heterocycles. The molecule has 1 aromatic rings. The first kappa shape index (κ1) is 13.4. The van der Waals surface area contributed by atoms with Crippen LogP contribution in [0.5, 0.6) is 0 Å². The normalized spacial score (nSPS) is 24.8. The van der Waals surface area contributed by atoms with E-state index < -0.39 is 9.84 Å². The highest BCUT2D eigenvalue weighted by molar-refractivity contribution is 7.91. The zero-order chi connectivity index (χ0) is 13.3. The number of para-hydroxylation sites is 1. The van der Waals surface area contributed by atoms with E-state index in [0.29, 0.717) is 6.54 Å². The van der Waals surface area contributed by atoms with Crippen LogP contribution in [0.25, 0.3) is 0 Å². The second-order valence-electron chi connectivity index (χ2n) is 5.00. The van der Waals surface area contributed by atoms with Crippen LogP contribution in [0.4, 0.5) is 5.69 Å².